The Morgan fingerprint density at radius 3 is 2.89 bits per heavy atom. The monoisotopic (exact) mass is 266 g/mol. The van der Waals surface area contributed by atoms with Gasteiger partial charge in [-0.25, -0.2) is 0 Å². The molecule has 0 amide bonds. The average molecular weight is 266 g/mol. The Morgan fingerprint density at radius 1 is 1.37 bits per heavy atom. The molecule has 0 bridgehead atoms. The molecule has 0 saturated carbocycles. The number of methoxy groups -OCH3 is 1. The van der Waals surface area contributed by atoms with E-state index in [4.69, 9.17) is 19.3 Å². The van der Waals surface area contributed by atoms with E-state index in [9.17, 15) is 4.79 Å². The van der Waals surface area contributed by atoms with Crippen molar-refractivity contribution < 1.29 is 24.1 Å². The fraction of sp³-hybridized carbons (Fsp3) is 0.500. The molecule has 0 unspecified atom stereocenters. The lowest BCUT2D eigenvalue weighted by Crippen LogP contribution is -2.02. The van der Waals surface area contributed by atoms with Gasteiger partial charge in [0.15, 0.2) is 11.5 Å². The van der Waals surface area contributed by atoms with Crippen LogP contribution in [0.3, 0.4) is 0 Å². The highest BCUT2D eigenvalue weighted by atomic mass is 16.5. The third-order valence-electron chi connectivity index (χ3n) is 3.01. The molecule has 5 nitrogen and oxygen atoms in total. The van der Waals surface area contributed by atoms with Crippen molar-refractivity contribution in [1.82, 2.24) is 0 Å². The zero-order valence-electron chi connectivity index (χ0n) is 11.0. The molecule has 19 heavy (non-hydrogen) atoms. The third kappa shape index (κ3) is 3.30. The Hall–Kier alpha value is -1.91. The predicted molar refractivity (Wildman–Crippen MR) is 69.2 cm³/mol. The van der Waals surface area contributed by atoms with Gasteiger partial charge in [0, 0.05) is 18.4 Å². The van der Waals surface area contributed by atoms with Crippen LogP contribution in [0, 0.1) is 0 Å². The number of benzene rings is 1. The molecular weight excluding hydrogens is 248 g/mol. The maximum absolute atomic E-state index is 10.6. The van der Waals surface area contributed by atoms with Crippen molar-refractivity contribution in [2.45, 2.75) is 25.7 Å². The number of carboxylic acid groups (broad SMARTS) is 1. The van der Waals surface area contributed by atoms with E-state index < -0.39 is 5.97 Å². The highest BCUT2D eigenvalue weighted by Crippen LogP contribution is 2.39. The number of rotatable bonds is 5. The largest absolute Gasteiger partial charge is 0.496 e. The number of carbonyl (C=O) groups is 1. The van der Waals surface area contributed by atoms with Gasteiger partial charge in [0.1, 0.15) is 5.75 Å². The topological polar surface area (TPSA) is 65.0 Å². The first-order valence-corrected chi connectivity index (χ1v) is 6.39. The summed E-state index contributed by atoms with van der Waals surface area (Å²) in [7, 11) is 1.60. The molecule has 0 atom stereocenters. The van der Waals surface area contributed by atoms with E-state index in [0.717, 1.165) is 17.7 Å². The number of carboxylic acids is 1. The summed E-state index contributed by atoms with van der Waals surface area (Å²) in [5.74, 6) is 1.33. The van der Waals surface area contributed by atoms with Crippen LogP contribution in [0.15, 0.2) is 12.1 Å². The minimum absolute atomic E-state index is 0.133. The minimum Gasteiger partial charge on any atom is -0.496 e. The zero-order valence-corrected chi connectivity index (χ0v) is 11.0. The quantitative estimate of drug-likeness (QED) is 0.885. The molecule has 0 spiro atoms. The summed E-state index contributed by atoms with van der Waals surface area (Å²) >= 11 is 0. The standard InChI is InChI=1S/C14H18O5/c1-17-11-6-7-12-14(19-9-3-8-18-12)10(11)4-2-5-13(15)16/h6-7H,2-5,8-9H2,1H3,(H,15,16). The van der Waals surface area contributed by atoms with Gasteiger partial charge in [-0.05, 0) is 25.0 Å². The molecule has 1 aliphatic rings. The van der Waals surface area contributed by atoms with Crippen LogP contribution in [-0.4, -0.2) is 31.4 Å². The number of aliphatic carboxylic acids is 1. The fourth-order valence-electron chi connectivity index (χ4n) is 2.12. The van der Waals surface area contributed by atoms with Crippen molar-refractivity contribution in [1.29, 1.82) is 0 Å². The molecular formula is C14H18O5. The van der Waals surface area contributed by atoms with E-state index in [1.807, 2.05) is 12.1 Å². The first kappa shape index (κ1) is 13.5. The Kier molecular flexibility index (Phi) is 4.49. The highest BCUT2D eigenvalue weighted by molar-refractivity contribution is 5.66. The van der Waals surface area contributed by atoms with Crippen LogP contribution in [0.1, 0.15) is 24.8 Å². The van der Waals surface area contributed by atoms with Gasteiger partial charge in [0.2, 0.25) is 0 Å². The Balaban J connectivity index is 2.24. The molecule has 1 N–H and O–H groups in total. The summed E-state index contributed by atoms with van der Waals surface area (Å²) in [6, 6.07) is 3.67. The lowest BCUT2D eigenvalue weighted by atomic mass is 10.0. The maximum atomic E-state index is 10.6. The van der Waals surface area contributed by atoms with E-state index >= 15 is 0 Å². The van der Waals surface area contributed by atoms with Crippen molar-refractivity contribution in [3.8, 4) is 17.2 Å². The molecule has 5 heteroatoms. The zero-order chi connectivity index (χ0) is 13.7. The van der Waals surface area contributed by atoms with Crippen molar-refractivity contribution >= 4 is 5.97 Å². The van der Waals surface area contributed by atoms with Crippen molar-refractivity contribution in [3.05, 3.63) is 17.7 Å². The number of hydrogen-bond acceptors (Lipinski definition) is 4. The second-order valence-electron chi connectivity index (χ2n) is 4.37. The number of fused-ring (bicyclic) bond motifs is 1. The third-order valence-corrected chi connectivity index (χ3v) is 3.01. The van der Waals surface area contributed by atoms with Gasteiger partial charge in [0.05, 0.1) is 20.3 Å². The van der Waals surface area contributed by atoms with Gasteiger partial charge < -0.3 is 19.3 Å². The normalized spacial score (nSPS) is 13.7. The predicted octanol–water partition coefficient (Wildman–Crippen LogP) is 2.26. The summed E-state index contributed by atoms with van der Waals surface area (Å²) in [5, 5.41) is 8.71. The van der Waals surface area contributed by atoms with Gasteiger partial charge in [0.25, 0.3) is 0 Å². The maximum Gasteiger partial charge on any atom is 0.303 e. The lowest BCUT2D eigenvalue weighted by molar-refractivity contribution is -0.137. The second-order valence-corrected chi connectivity index (χ2v) is 4.37. The van der Waals surface area contributed by atoms with Crippen LogP contribution < -0.4 is 14.2 Å². The van der Waals surface area contributed by atoms with Crippen LogP contribution in [0.5, 0.6) is 17.2 Å². The van der Waals surface area contributed by atoms with Gasteiger partial charge in [-0.2, -0.15) is 0 Å². The summed E-state index contributed by atoms with van der Waals surface area (Å²) < 4.78 is 16.7. The molecule has 1 aromatic rings. The summed E-state index contributed by atoms with van der Waals surface area (Å²) in [6.45, 7) is 1.24. The average Bonchev–Trinajstić information content (AvgIpc) is 2.63. The molecule has 0 radical (unpaired) electrons. The molecule has 1 heterocycles. The van der Waals surface area contributed by atoms with Crippen LogP contribution in [-0.2, 0) is 11.2 Å². The number of ether oxygens (including phenoxy) is 3. The van der Waals surface area contributed by atoms with Crippen LogP contribution in [0.25, 0.3) is 0 Å². The van der Waals surface area contributed by atoms with Gasteiger partial charge in [-0.15, -0.1) is 0 Å². The number of hydrogen-bond donors (Lipinski definition) is 1. The SMILES string of the molecule is COc1ccc2c(c1CCCC(=O)O)OCCCO2. The van der Waals surface area contributed by atoms with Gasteiger partial charge in [-0.1, -0.05) is 0 Å². The van der Waals surface area contributed by atoms with Crippen LogP contribution in [0.4, 0.5) is 0 Å². The van der Waals surface area contributed by atoms with Crippen molar-refractivity contribution in [2.24, 2.45) is 0 Å². The Morgan fingerprint density at radius 2 is 2.16 bits per heavy atom. The Bertz CT molecular complexity index is 455. The molecule has 2 rings (SSSR count). The molecule has 104 valence electrons. The van der Waals surface area contributed by atoms with E-state index in [1.165, 1.54) is 0 Å². The molecule has 1 aliphatic heterocycles. The first-order valence-electron chi connectivity index (χ1n) is 6.39. The van der Waals surface area contributed by atoms with Gasteiger partial charge >= 0.3 is 5.97 Å². The summed E-state index contributed by atoms with van der Waals surface area (Å²) in [4.78, 5) is 10.6. The summed E-state index contributed by atoms with van der Waals surface area (Å²) in [5.41, 5.74) is 0.892. The second kappa shape index (κ2) is 6.31. The molecule has 0 saturated heterocycles. The fourth-order valence-corrected chi connectivity index (χ4v) is 2.12. The van der Waals surface area contributed by atoms with Crippen molar-refractivity contribution in [2.75, 3.05) is 20.3 Å². The van der Waals surface area contributed by atoms with Gasteiger partial charge in [-0.3, -0.25) is 4.79 Å². The molecule has 0 fully saturated rings. The highest BCUT2D eigenvalue weighted by Gasteiger charge is 2.19. The van der Waals surface area contributed by atoms with Crippen LogP contribution >= 0.6 is 0 Å². The summed E-state index contributed by atoms with van der Waals surface area (Å²) in [6.07, 6.45) is 2.12. The lowest BCUT2D eigenvalue weighted by Gasteiger charge is -2.15. The molecule has 0 aliphatic carbocycles. The van der Waals surface area contributed by atoms with E-state index in [2.05, 4.69) is 0 Å². The first-order chi connectivity index (χ1) is 9.22. The molecule has 1 aromatic carbocycles. The Labute approximate surface area is 112 Å². The van der Waals surface area contributed by atoms with Crippen molar-refractivity contribution in [3.63, 3.8) is 0 Å². The molecule has 0 aromatic heterocycles. The van der Waals surface area contributed by atoms with Crippen LogP contribution in [0.2, 0.25) is 0 Å². The minimum atomic E-state index is -0.793. The van der Waals surface area contributed by atoms with E-state index in [-0.39, 0.29) is 6.42 Å². The van der Waals surface area contributed by atoms with E-state index in [0.29, 0.717) is 37.6 Å². The smallest absolute Gasteiger partial charge is 0.303 e. The van der Waals surface area contributed by atoms with E-state index in [1.54, 1.807) is 7.11 Å².